The summed E-state index contributed by atoms with van der Waals surface area (Å²) in [6, 6.07) is 21.4. The Morgan fingerprint density at radius 2 is 1.74 bits per heavy atom. The first-order valence-electron chi connectivity index (χ1n) is 8.82. The van der Waals surface area contributed by atoms with Crippen molar-refractivity contribution in [1.82, 2.24) is 0 Å². The summed E-state index contributed by atoms with van der Waals surface area (Å²) in [6.07, 6.45) is 0.123. The van der Waals surface area contributed by atoms with Gasteiger partial charge in [-0.3, -0.25) is 0 Å². The van der Waals surface area contributed by atoms with E-state index >= 15 is 0 Å². The average molecular weight is 400 g/mol. The standard InChI is InChI=1S/C22H19Cl2NO2/c1-2-22(14-8-4-3-5-9-14)17-10-6-7-11-19(17)25-21(27-22)16-12-15(23)13-18(24)20(16)26/h3-13,21,25-26H,2H2,1H3/t21-,22+/m0/s1. The average Bonchev–Trinajstić information content (AvgIpc) is 2.70. The Morgan fingerprint density at radius 1 is 1.04 bits per heavy atom. The Balaban J connectivity index is 1.91. The van der Waals surface area contributed by atoms with E-state index in [2.05, 4.69) is 30.4 Å². The van der Waals surface area contributed by atoms with Gasteiger partial charge in [0.25, 0.3) is 0 Å². The minimum atomic E-state index is -0.658. The number of nitrogens with one attached hydrogen (secondary N) is 1. The van der Waals surface area contributed by atoms with Crippen molar-refractivity contribution < 1.29 is 9.84 Å². The zero-order valence-corrected chi connectivity index (χ0v) is 16.3. The predicted molar refractivity (Wildman–Crippen MR) is 110 cm³/mol. The number of rotatable bonds is 3. The molecule has 0 saturated heterocycles. The number of aromatic hydroxyl groups is 1. The van der Waals surface area contributed by atoms with Crippen molar-refractivity contribution in [3.05, 3.63) is 93.5 Å². The van der Waals surface area contributed by atoms with Crippen molar-refractivity contribution in [2.75, 3.05) is 5.32 Å². The van der Waals surface area contributed by atoms with Crippen molar-refractivity contribution in [2.45, 2.75) is 25.2 Å². The number of hydrogen-bond donors (Lipinski definition) is 2. The number of phenolic OH excluding ortho intramolecular Hbond substituents is 1. The Labute approximate surface area is 168 Å². The summed E-state index contributed by atoms with van der Waals surface area (Å²) in [4.78, 5) is 0. The van der Waals surface area contributed by atoms with Crippen LogP contribution in [0.2, 0.25) is 10.0 Å². The lowest BCUT2D eigenvalue weighted by Gasteiger charge is -2.43. The monoisotopic (exact) mass is 399 g/mol. The molecule has 0 aromatic heterocycles. The fraction of sp³-hybridized carbons (Fsp3) is 0.182. The number of phenols is 1. The van der Waals surface area contributed by atoms with Gasteiger partial charge >= 0.3 is 0 Å². The predicted octanol–water partition coefficient (Wildman–Crippen LogP) is 6.49. The lowest BCUT2D eigenvalue weighted by atomic mass is 9.81. The van der Waals surface area contributed by atoms with Gasteiger partial charge in [0.1, 0.15) is 11.4 Å². The minimum Gasteiger partial charge on any atom is -0.506 e. The summed E-state index contributed by atoms with van der Waals surface area (Å²) in [5.74, 6) is -0.0315. The number of halogens is 2. The van der Waals surface area contributed by atoms with Crippen molar-refractivity contribution in [2.24, 2.45) is 0 Å². The zero-order chi connectivity index (χ0) is 19.0. The quantitative estimate of drug-likeness (QED) is 0.528. The number of ether oxygens (including phenoxy) is 1. The van der Waals surface area contributed by atoms with Crippen LogP contribution in [0, 0.1) is 0 Å². The van der Waals surface area contributed by atoms with E-state index in [-0.39, 0.29) is 10.8 Å². The molecule has 27 heavy (non-hydrogen) atoms. The Morgan fingerprint density at radius 3 is 2.48 bits per heavy atom. The molecule has 0 saturated carbocycles. The van der Waals surface area contributed by atoms with Gasteiger partial charge in [-0.25, -0.2) is 0 Å². The summed E-state index contributed by atoms with van der Waals surface area (Å²) >= 11 is 12.3. The molecular weight excluding hydrogens is 381 g/mol. The molecule has 3 aromatic carbocycles. The highest BCUT2D eigenvalue weighted by atomic mass is 35.5. The fourth-order valence-corrected chi connectivity index (χ4v) is 4.24. The second-order valence-electron chi connectivity index (χ2n) is 6.56. The third-order valence-electron chi connectivity index (χ3n) is 5.05. The highest BCUT2D eigenvalue weighted by Crippen LogP contribution is 2.49. The van der Waals surface area contributed by atoms with E-state index in [1.165, 1.54) is 6.07 Å². The molecule has 0 aliphatic carbocycles. The van der Waals surface area contributed by atoms with Gasteiger partial charge in [-0.1, -0.05) is 78.7 Å². The Bertz CT molecular complexity index is 977. The van der Waals surface area contributed by atoms with Crippen molar-refractivity contribution in [1.29, 1.82) is 0 Å². The molecule has 0 bridgehead atoms. The molecule has 0 radical (unpaired) electrons. The number of hydrogen-bond acceptors (Lipinski definition) is 3. The number of benzene rings is 3. The Kier molecular flexibility index (Phi) is 4.77. The molecule has 2 N–H and O–H groups in total. The van der Waals surface area contributed by atoms with Crippen molar-refractivity contribution in [3.8, 4) is 5.75 Å². The van der Waals surface area contributed by atoms with Gasteiger partial charge in [-0.05, 0) is 30.2 Å². The van der Waals surface area contributed by atoms with Gasteiger partial charge in [0.15, 0.2) is 6.23 Å². The summed E-state index contributed by atoms with van der Waals surface area (Å²) in [5, 5.41) is 14.5. The zero-order valence-electron chi connectivity index (χ0n) is 14.7. The number of para-hydroxylation sites is 1. The van der Waals surface area contributed by atoms with Crippen LogP contribution in [0.5, 0.6) is 5.75 Å². The largest absolute Gasteiger partial charge is 0.506 e. The maximum Gasteiger partial charge on any atom is 0.159 e. The highest BCUT2D eigenvalue weighted by Gasteiger charge is 2.42. The topological polar surface area (TPSA) is 41.5 Å². The van der Waals surface area contributed by atoms with Crippen LogP contribution in [0.15, 0.2) is 66.7 Å². The second-order valence-corrected chi connectivity index (χ2v) is 7.40. The Hall–Kier alpha value is -2.20. The second kappa shape index (κ2) is 7.08. The van der Waals surface area contributed by atoms with Gasteiger partial charge in [-0.15, -0.1) is 0 Å². The first-order chi connectivity index (χ1) is 13.0. The maximum absolute atomic E-state index is 10.5. The highest BCUT2D eigenvalue weighted by molar-refractivity contribution is 6.35. The van der Waals surface area contributed by atoms with Crippen molar-refractivity contribution >= 4 is 28.9 Å². The van der Waals surface area contributed by atoms with Gasteiger partial charge in [-0.2, -0.15) is 0 Å². The van der Waals surface area contributed by atoms with E-state index in [4.69, 9.17) is 27.9 Å². The van der Waals surface area contributed by atoms with Crippen LogP contribution < -0.4 is 5.32 Å². The van der Waals surface area contributed by atoms with E-state index in [0.717, 1.165) is 23.2 Å². The smallest absolute Gasteiger partial charge is 0.159 e. The first-order valence-corrected chi connectivity index (χ1v) is 9.58. The lowest BCUT2D eigenvalue weighted by molar-refractivity contribution is -0.0733. The third-order valence-corrected chi connectivity index (χ3v) is 5.55. The van der Waals surface area contributed by atoms with Crippen LogP contribution in [0.1, 0.15) is 36.3 Å². The van der Waals surface area contributed by atoms with Crippen LogP contribution in [0.4, 0.5) is 5.69 Å². The van der Waals surface area contributed by atoms with Crippen LogP contribution in [0.25, 0.3) is 0 Å². The summed E-state index contributed by atoms with van der Waals surface area (Å²) in [7, 11) is 0. The molecule has 2 atom stereocenters. The molecule has 5 heteroatoms. The molecule has 0 amide bonds. The van der Waals surface area contributed by atoms with E-state index in [9.17, 15) is 5.11 Å². The maximum atomic E-state index is 10.5. The molecule has 1 aliphatic heterocycles. The molecule has 1 heterocycles. The molecule has 0 spiro atoms. The molecular formula is C22H19Cl2NO2. The SMILES string of the molecule is CC[C@]1(c2ccccc2)O[C@@H](c2cc(Cl)cc(Cl)c2O)Nc2ccccc21. The summed E-state index contributed by atoms with van der Waals surface area (Å²) in [6.45, 7) is 2.09. The molecule has 138 valence electrons. The first kappa shape index (κ1) is 18.2. The number of fused-ring (bicyclic) bond motifs is 1. The molecule has 1 aliphatic rings. The van der Waals surface area contributed by atoms with E-state index < -0.39 is 11.8 Å². The normalized spacial score (nSPS) is 21.4. The molecule has 0 unspecified atom stereocenters. The van der Waals surface area contributed by atoms with Gasteiger partial charge in [0, 0.05) is 21.8 Å². The lowest BCUT2D eigenvalue weighted by Crippen LogP contribution is -2.39. The summed E-state index contributed by atoms with van der Waals surface area (Å²) < 4.78 is 6.62. The van der Waals surface area contributed by atoms with E-state index in [1.54, 1.807) is 6.07 Å². The van der Waals surface area contributed by atoms with E-state index in [1.807, 2.05) is 36.4 Å². The van der Waals surface area contributed by atoms with Crippen LogP contribution in [0.3, 0.4) is 0 Å². The van der Waals surface area contributed by atoms with Gasteiger partial charge < -0.3 is 15.2 Å². The summed E-state index contributed by atoms with van der Waals surface area (Å²) in [5.41, 5.74) is 2.92. The third kappa shape index (κ3) is 3.06. The van der Waals surface area contributed by atoms with Gasteiger partial charge in [0.2, 0.25) is 0 Å². The molecule has 0 fully saturated rings. The number of anilines is 1. The fourth-order valence-electron chi connectivity index (χ4n) is 3.73. The van der Waals surface area contributed by atoms with Crippen LogP contribution in [-0.4, -0.2) is 5.11 Å². The van der Waals surface area contributed by atoms with E-state index in [0.29, 0.717) is 10.6 Å². The molecule has 3 nitrogen and oxygen atoms in total. The minimum absolute atomic E-state index is 0.0315. The van der Waals surface area contributed by atoms with Crippen LogP contribution in [-0.2, 0) is 10.3 Å². The molecule has 4 rings (SSSR count). The van der Waals surface area contributed by atoms with Crippen LogP contribution >= 0.6 is 23.2 Å². The molecule has 3 aromatic rings. The van der Waals surface area contributed by atoms with Crippen molar-refractivity contribution in [3.63, 3.8) is 0 Å². The van der Waals surface area contributed by atoms with Gasteiger partial charge in [0.05, 0.1) is 5.02 Å².